The summed E-state index contributed by atoms with van der Waals surface area (Å²) in [5.74, 6) is -0.209. The molecule has 484 valence electrons. The minimum atomic E-state index is -4.28. The predicted octanol–water partition coefficient (Wildman–Crippen LogP) is 12.2. The van der Waals surface area contributed by atoms with Crippen molar-refractivity contribution in [3.05, 3.63) is 83.3 Å². The van der Waals surface area contributed by atoms with Gasteiger partial charge in [0.2, 0.25) is 17.8 Å². The molecular weight excluding hydrogens is 1160 g/mol. The predicted molar refractivity (Wildman–Crippen MR) is 347 cm³/mol. The molecule has 3 unspecified atom stereocenters. The number of benzene rings is 2. The average Bonchev–Trinajstić information content (AvgIpc) is 1.77. The number of fused-ring (bicyclic) bond motifs is 1. The monoisotopic (exact) mass is 1260 g/mol. The van der Waals surface area contributed by atoms with Crippen molar-refractivity contribution >= 4 is 54.5 Å². The minimum Gasteiger partial charge on any atom is -0.444 e. The Hall–Kier alpha value is -5.49. The molecule has 3 fully saturated rings. The van der Waals surface area contributed by atoms with Crippen LogP contribution in [0.25, 0.3) is 32.6 Å². The van der Waals surface area contributed by atoms with E-state index in [9.17, 15) is 27.9 Å². The van der Waals surface area contributed by atoms with Gasteiger partial charge < -0.3 is 49.5 Å². The number of nitrogens with one attached hydrogen (secondary N) is 3. The number of halogens is 3. The Morgan fingerprint density at radius 1 is 0.830 bits per heavy atom. The highest BCUT2D eigenvalue weighted by molar-refractivity contribution is 7.13. The van der Waals surface area contributed by atoms with Crippen LogP contribution in [0.3, 0.4) is 0 Å². The zero-order valence-corrected chi connectivity index (χ0v) is 56.0. The van der Waals surface area contributed by atoms with Crippen LogP contribution in [-0.4, -0.2) is 172 Å². The van der Waals surface area contributed by atoms with Crippen LogP contribution in [-0.2, 0) is 31.8 Å². The van der Waals surface area contributed by atoms with Gasteiger partial charge in [-0.2, -0.15) is 18.2 Å². The van der Waals surface area contributed by atoms with E-state index in [4.69, 9.17) is 14.1 Å². The Labute approximate surface area is 525 Å². The second kappa shape index (κ2) is 29.2. The van der Waals surface area contributed by atoms with E-state index < -0.39 is 44.0 Å². The van der Waals surface area contributed by atoms with Crippen molar-refractivity contribution in [3.8, 4) is 21.6 Å². The van der Waals surface area contributed by atoms with Gasteiger partial charge in [0.1, 0.15) is 17.3 Å². The van der Waals surface area contributed by atoms with Gasteiger partial charge in [-0.3, -0.25) is 14.5 Å². The van der Waals surface area contributed by atoms with Crippen molar-refractivity contribution in [1.82, 2.24) is 49.8 Å². The lowest BCUT2D eigenvalue weighted by atomic mass is 9.85. The second-order valence-electron chi connectivity index (χ2n) is 28.2. The fourth-order valence-corrected chi connectivity index (χ4v) is 14.0. The first kappa shape index (κ1) is 68.4. The Balaban J connectivity index is 0.820. The van der Waals surface area contributed by atoms with Crippen LogP contribution < -0.4 is 16.0 Å². The van der Waals surface area contributed by atoms with Crippen molar-refractivity contribution in [1.29, 1.82) is 0 Å². The molecule has 5 aromatic rings. The molecule has 0 radical (unpaired) electrons. The van der Waals surface area contributed by atoms with Crippen molar-refractivity contribution in [2.45, 2.75) is 200 Å². The summed E-state index contributed by atoms with van der Waals surface area (Å²) in [6, 6.07) is 15.5. The highest BCUT2D eigenvalue weighted by Crippen LogP contribution is 2.41. The number of nitrogens with zero attached hydrogens (tertiary/aromatic N) is 8. The van der Waals surface area contributed by atoms with E-state index in [1.807, 2.05) is 66.1 Å². The third kappa shape index (κ3) is 18.8. The molecule has 17 nitrogen and oxygen atoms in total. The van der Waals surface area contributed by atoms with Crippen LogP contribution in [0.5, 0.6) is 0 Å². The lowest BCUT2D eigenvalue weighted by molar-refractivity contribution is -0.142. The summed E-state index contributed by atoms with van der Waals surface area (Å²) in [7, 11) is -2.26. The summed E-state index contributed by atoms with van der Waals surface area (Å²) < 4.78 is 53.7. The van der Waals surface area contributed by atoms with Crippen LogP contribution in [0.2, 0.25) is 18.1 Å². The quantitative estimate of drug-likeness (QED) is 0.0339. The number of hydrogen-bond donors (Lipinski definition) is 4. The molecule has 0 bridgehead atoms. The lowest BCUT2D eigenvalue weighted by Gasteiger charge is -2.38. The minimum absolute atomic E-state index is 0.0583. The number of aryl methyl sites for hydroxylation is 1. The molecule has 2 saturated heterocycles. The summed E-state index contributed by atoms with van der Waals surface area (Å²) in [5.41, 5.74) is 7.50. The number of piperazine rings is 1. The molecule has 3 aliphatic rings. The summed E-state index contributed by atoms with van der Waals surface area (Å²) in [4.78, 5) is 66.2. The van der Waals surface area contributed by atoms with E-state index in [-0.39, 0.29) is 53.7 Å². The fraction of sp³-hybridized carbons (Fsp3) is 0.636. The number of aliphatic hydroxyl groups is 1. The number of alkyl halides is 3. The Bertz CT molecular complexity index is 3090. The second-order valence-corrected chi connectivity index (χ2v) is 33.8. The van der Waals surface area contributed by atoms with Crippen molar-refractivity contribution < 1.29 is 41.8 Å². The number of amides is 3. The number of unbranched alkanes of at least 4 members (excludes halogenated alkanes) is 2. The van der Waals surface area contributed by atoms with Gasteiger partial charge in [-0.05, 0) is 119 Å². The molecule has 3 aromatic heterocycles. The topological polar surface area (TPSA) is 183 Å². The number of hydrogen-bond acceptors (Lipinski definition) is 14. The largest absolute Gasteiger partial charge is 0.444 e. The molecule has 22 heteroatoms. The molecule has 8 rings (SSSR count). The first-order chi connectivity index (χ1) is 41.4. The van der Waals surface area contributed by atoms with E-state index in [1.54, 1.807) is 27.3 Å². The number of carbonyl (C=O) groups is 3. The number of rotatable bonds is 24. The number of carbonyl (C=O) groups excluding carboxylic acids is 3. The first-order valence-corrected chi connectivity index (χ1v) is 35.6. The van der Waals surface area contributed by atoms with Crippen LogP contribution in [0.4, 0.5) is 23.9 Å². The molecule has 2 aliphatic heterocycles. The van der Waals surface area contributed by atoms with Gasteiger partial charge in [-0.1, -0.05) is 96.5 Å². The maximum absolute atomic E-state index is 15.0. The molecule has 88 heavy (non-hydrogen) atoms. The fourth-order valence-electron chi connectivity index (χ4n) is 11.8. The molecule has 5 heterocycles. The zero-order chi connectivity index (χ0) is 63.8. The molecule has 3 amide bonds. The molecule has 3 atom stereocenters. The van der Waals surface area contributed by atoms with E-state index in [1.165, 1.54) is 5.56 Å². The van der Waals surface area contributed by atoms with Gasteiger partial charge in [0.25, 0.3) is 0 Å². The van der Waals surface area contributed by atoms with Gasteiger partial charge >= 0.3 is 12.3 Å². The molecule has 4 N–H and O–H groups in total. The van der Waals surface area contributed by atoms with Gasteiger partial charge in [0.05, 0.1) is 40.8 Å². The highest BCUT2D eigenvalue weighted by Gasteiger charge is 2.48. The van der Waals surface area contributed by atoms with Gasteiger partial charge in [0, 0.05) is 108 Å². The van der Waals surface area contributed by atoms with Crippen LogP contribution in [0.1, 0.15) is 143 Å². The number of thiazole rings is 1. The van der Waals surface area contributed by atoms with Crippen molar-refractivity contribution in [2.75, 3.05) is 70.8 Å². The summed E-state index contributed by atoms with van der Waals surface area (Å²) in [6.45, 7) is 31.8. The van der Waals surface area contributed by atoms with Crippen molar-refractivity contribution in [3.63, 3.8) is 0 Å². The van der Waals surface area contributed by atoms with E-state index in [0.29, 0.717) is 57.6 Å². The molecule has 0 spiro atoms. The lowest BCUT2D eigenvalue weighted by Crippen LogP contribution is -2.57. The maximum atomic E-state index is 15.0. The molecule has 1 aliphatic carbocycles. The zero-order valence-electron chi connectivity index (χ0n) is 54.2. The Morgan fingerprint density at radius 3 is 2.11 bits per heavy atom. The summed E-state index contributed by atoms with van der Waals surface area (Å²) in [5, 5.41) is 20.5. The normalized spacial score (nSPS) is 19.7. The van der Waals surface area contributed by atoms with Crippen LogP contribution in [0, 0.1) is 12.3 Å². The summed E-state index contributed by atoms with van der Waals surface area (Å²) in [6.07, 6.45) is 3.58. The van der Waals surface area contributed by atoms with Crippen LogP contribution >= 0.6 is 11.3 Å². The number of anilines is 1. The third-order valence-electron chi connectivity index (χ3n) is 17.9. The van der Waals surface area contributed by atoms with E-state index >= 15 is 4.79 Å². The summed E-state index contributed by atoms with van der Waals surface area (Å²) >= 11 is 1.60. The van der Waals surface area contributed by atoms with Gasteiger partial charge in [0.15, 0.2) is 8.32 Å². The Morgan fingerprint density at radius 2 is 1.49 bits per heavy atom. The first-order valence-electron chi connectivity index (χ1n) is 31.8. The van der Waals surface area contributed by atoms with Crippen molar-refractivity contribution in [2.24, 2.45) is 5.41 Å². The average molecular weight is 1260 g/mol. The Kier molecular flexibility index (Phi) is 22.7. The van der Waals surface area contributed by atoms with E-state index in [2.05, 4.69) is 117 Å². The smallest absolute Gasteiger partial charge is 0.410 e. The van der Waals surface area contributed by atoms with Gasteiger partial charge in [-0.25, -0.2) is 14.8 Å². The highest BCUT2D eigenvalue weighted by atomic mass is 32.1. The molecular formula is C66H98F3N11O6SSi. The molecule has 2 aromatic carbocycles. The van der Waals surface area contributed by atoms with Gasteiger partial charge in [-0.15, -0.1) is 11.3 Å². The maximum Gasteiger partial charge on any atom is 0.410 e. The SMILES string of the molecule is Cc1ncsc1-c1ccc(CNC(=O)C2CC(O[Si](C)(C)C(C)(C)C)CN2C(=O)C(NCCN(CCCCCN2CCN(Cc3ccc(-c4cn(C5CCC(O)CC5)c5nc(NCCC(F)(F)F)ncc45)cc3)CC2)C(=O)OC(C)(C)C)C(C)(C)C)cc1. The number of likely N-dealkylation sites (tertiary alicyclic amines) is 1. The number of ether oxygens (including phenoxy) is 1. The molecule has 1 saturated carbocycles. The standard InChI is InChI=1S/C66H98F3N11O6SSi/c1-45-56(87-44-74-45)49-22-16-46(17-23-49)39-72-59(82)55-38-52(86-88(11,12)65(8,9)10)42-80(55)60(83)57(63(2,3)4)70-30-33-78(62(84)85-64(5,6)7)32-15-13-14-31-76-34-36-77(37-35-76)41-47-18-20-48(21-19-47)54-43-79(50-24-26-51(81)27-25-50)58-53(54)40-73-61(75-58)71-29-28-66(67,68)69/h16-23,40,43-44,50-52,55,57,70,81H,13-15,24-39,41-42H2,1-12H3,(H,72,82)(H,71,73,75). The van der Waals surface area contributed by atoms with E-state index in [0.717, 1.165) is 110 Å². The number of aliphatic hydroxyl groups excluding tert-OH is 1. The number of aromatic nitrogens is 4. The van der Waals surface area contributed by atoms with Crippen LogP contribution in [0.15, 0.2) is 66.4 Å². The third-order valence-corrected chi connectivity index (χ3v) is 23.4.